The number of hydrogen-bond acceptors (Lipinski definition) is 6. The summed E-state index contributed by atoms with van der Waals surface area (Å²) >= 11 is 1.15. The molecule has 6 nitrogen and oxygen atoms in total. The third-order valence-corrected chi connectivity index (χ3v) is 5.26. The Kier molecular flexibility index (Phi) is 6.64. The number of Topliss-reactive ketones (excluding diaryl/α,β-unsaturated/α-hetero) is 1. The molecule has 0 bridgehead atoms. The highest BCUT2D eigenvalue weighted by molar-refractivity contribution is 7.99. The largest absolute Gasteiger partial charge is 0.411 e. The van der Waals surface area contributed by atoms with Gasteiger partial charge in [-0.2, -0.15) is 0 Å². The second kappa shape index (κ2) is 9.16. The average Bonchev–Trinajstić information content (AvgIpc) is 3.26. The van der Waals surface area contributed by atoms with E-state index in [2.05, 4.69) is 14.8 Å². The summed E-state index contributed by atoms with van der Waals surface area (Å²) in [6.07, 6.45) is 0.885. The van der Waals surface area contributed by atoms with Gasteiger partial charge >= 0.3 is 0 Å². The summed E-state index contributed by atoms with van der Waals surface area (Å²) in [5.74, 6) is -0.174. The highest BCUT2D eigenvalue weighted by atomic mass is 32.2. The molecule has 0 fully saturated rings. The van der Waals surface area contributed by atoms with Crippen molar-refractivity contribution in [2.75, 3.05) is 19.5 Å². The second-order valence-electron chi connectivity index (χ2n) is 6.35. The Morgan fingerprint density at radius 2 is 2.07 bits per heavy atom. The first-order valence-corrected chi connectivity index (χ1v) is 9.90. The van der Waals surface area contributed by atoms with Gasteiger partial charge in [-0.1, -0.05) is 23.9 Å². The van der Waals surface area contributed by atoms with Crippen LogP contribution in [0.25, 0.3) is 11.5 Å². The molecule has 0 aliphatic heterocycles. The van der Waals surface area contributed by atoms with E-state index in [-0.39, 0.29) is 28.2 Å². The predicted molar refractivity (Wildman–Crippen MR) is 105 cm³/mol. The molecule has 0 atom stereocenters. The first kappa shape index (κ1) is 20.3. The molecule has 1 aromatic carbocycles. The molecule has 0 spiro atoms. The number of aryl methyl sites for hydroxylation is 1. The summed E-state index contributed by atoms with van der Waals surface area (Å²) in [6.45, 7) is 5.42. The summed E-state index contributed by atoms with van der Waals surface area (Å²) in [4.78, 5) is 12.7. The molecule has 0 saturated heterocycles. The van der Waals surface area contributed by atoms with Crippen LogP contribution < -0.4 is 0 Å². The van der Waals surface area contributed by atoms with Gasteiger partial charge in [-0.15, -0.1) is 10.2 Å². The summed E-state index contributed by atoms with van der Waals surface area (Å²) in [6, 6.07) is 8.10. The maximum absolute atomic E-state index is 13.8. The zero-order chi connectivity index (χ0) is 20.1. The van der Waals surface area contributed by atoms with E-state index in [4.69, 9.17) is 9.15 Å². The van der Waals surface area contributed by atoms with Crippen LogP contribution >= 0.6 is 11.8 Å². The molecule has 2 aromatic heterocycles. The Bertz CT molecular complexity index is 968. The van der Waals surface area contributed by atoms with Crippen molar-refractivity contribution in [2.45, 2.75) is 32.0 Å². The lowest BCUT2D eigenvalue weighted by Gasteiger charge is -2.09. The Morgan fingerprint density at radius 3 is 2.82 bits per heavy atom. The Morgan fingerprint density at radius 1 is 1.29 bits per heavy atom. The van der Waals surface area contributed by atoms with Crippen molar-refractivity contribution in [1.29, 1.82) is 0 Å². The van der Waals surface area contributed by atoms with Crippen LogP contribution in [0, 0.1) is 19.7 Å². The molecular formula is C20H22FN3O3S. The van der Waals surface area contributed by atoms with Crippen LogP contribution in [0.4, 0.5) is 4.39 Å². The maximum Gasteiger partial charge on any atom is 0.277 e. The molecule has 0 unspecified atom stereocenters. The van der Waals surface area contributed by atoms with Gasteiger partial charge < -0.3 is 13.7 Å². The van der Waals surface area contributed by atoms with E-state index in [1.54, 1.807) is 25.3 Å². The normalized spacial score (nSPS) is 11.1. The van der Waals surface area contributed by atoms with Crippen molar-refractivity contribution in [3.63, 3.8) is 0 Å². The van der Waals surface area contributed by atoms with Gasteiger partial charge in [0.25, 0.3) is 11.1 Å². The lowest BCUT2D eigenvalue weighted by atomic mass is 10.2. The second-order valence-corrected chi connectivity index (χ2v) is 7.27. The van der Waals surface area contributed by atoms with Crippen LogP contribution in [0.1, 0.15) is 28.2 Å². The smallest absolute Gasteiger partial charge is 0.277 e. The number of methoxy groups -OCH3 is 1. The molecule has 0 N–H and O–H groups in total. The zero-order valence-electron chi connectivity index (χ0n) is 16.1. The number of halogens is 1. The first-order valence-electron chi connectivity index (χ1n) is 8.91. The van der Waals surface area contributed by atoms with Crippen LogP contribution in [0.2, 0.25) is 0 Å². The summed E-state index contributed by atoms with van der Waals surface area (Å²) in [5, 5.41) is 8.01. The van der Waals surface area contributed by atoms with E-state index in [0.717, 1.165) is 36.1 Å². The molecule has 0 aliphatic rings. The van der Waals surface area contributed by atoms with Crippen molar-refractivity contribution in [3.05, 3.63) is 53.1 Å². The number of benzene rings is 1. The van der Waals surface area contributed by atoms with Crippen LogP contribution in [0.3, 0.4) is 0 Å². The maximum atomic E-state index is 13.8. The van der Waals surface area contributed by atoms with E-state index in [1.807, 2.05) is 19.9 Å². The van der Waals surface area contributed by atoms with Crippen LogP contribution in [0.15, 0.2) is 40.0 Å². The predicted octanol–water partition coefficient (Wildman–Crippen LogP) is 4.31. The van der Waals surface area contributed by atoms with E-state index >= 15 is 0 Å². The highest BCUT2D eigenvalue weighted by Crippen LogP contribution is 2.26. The molecule has 0 aliphatic carbocycles. The number of aromatic nitrogens is 3. The van der Waals surface area contributed by atoms with Crippen molar-refractivity contribution in [3.8, 4) is 11.5 Å². The zero-order valence-corrected chi connectivity index (χ0v) is 16.9. The Hall–Kier alpha value is -2.45. The average molecular weight is 403 g/mol. The van der Waals surface area contributed by atoms with Crippen molar-refractivity contribution in [1.82, 2.24) is 14.8 Å². The van der Waals surface area contributed by atoms with Crippen molar-refractivity contribution < 1.29 is 18.3 Å². The molecule has 0 radical (unpaired) electrons. The number of carbonyl (C=O) groups is 1. The SMILES string of the molecule is COCCCn1c(C)cc(C(=O)CSc2nnc(-c3ccccc3F)o2)c1C. The number of thioether (sulfide) groups is 1. The van der Waals surface area contributed by atoms with Crippen LogP contribution in [0.5, 0.6) is 0 Å². The third-order valence-electron chi connectivity index (χ3n) is 4.44. The minimum absolute atomic E-state index is 0.0123. The molecule has 148 valence electrons. The topological polar surface area (TPSA) is 70.2 Å². The number of nitrogens with zero attached hydrogens (tertiary/aromatic N) is 3. The van der Waals surface area contributed by atoms with Crippen molar-refractivity contribution >= 4 is 17.5 Å². The number of ether oxygens (including phenoxy) is 1. The first-order chi connectivity index (χ1) is 13.5. The summed E-state index contributed by atoms with van der Waals surface area (Å²) < 4.78 is 26.5. The van der Waals surface area contributed by atoms with Gasteiger partial charge in [0.05, 0.1) is 11.3 Å². The molecule has 8 heteroatoms. The lowest BCUT2D eigenvalue weighted by Crippen LogP contribution is -2.08. The van der Waals surface area contributed by atoms with Gasteiger partial charge in [0, 0.05) is 37.2 Å². The van der Waals surface area contributed by atoms with Crippen molar-refractivity contribution in [2.24, 2.45) is 0 Å². The third kappa shape index (κ3) is 4.51. The highest BCUT2D eigenvalue weighted by Gasteiger charge is 2.18. The van der Waals surface area contributed by atoms with Gasteiger partial charge in [-0.25, -0.2) is 4.39 Å². The lowest BCUT2D eigenvalue weighted by molar-refractivity contribution is 0.102. The fraction of sp³-hybridized carbons (Fsp3) is 0.350. The molecule has 28 heavy (non-hydrogen) atoms. The van der Waals surface area contributed by atoms with Gasteiger partial charge in [-0.3, -0.25) is 4.79 Å². The quantitative estimate of drug-likeness (QED) is 0.301. The van der Waals surface area contributed by atoms with Crippen LogP contribution in [-0.2, 0) is 11.3 Å². The van der Waals surface area contributed by atoms with E-state index in [9.17, 15) is 9.18 Å². The van der Waals surface area contributed by atoms with Crippen LogP contribution in [-0.4, -0.2) is 40.0 Å². The van der Waals surface area contributed by atoms with Gasteiger partial charge in [0.1, 0.15) is 5.82 Å². The summed E-state index contributed by atoms with van der Waals surface area (Å²) in [5.41, 5.74) is 2.92. The van der Waals surface area contributed by atoms with E-state index in [1.165, 1.54) is 6.07 Å². The van der Waals surface area contributed by atoms with E-state index in [0.29, 0.717) is 12.2 Å². The number of carbonyl (C=O) groups excluding carboxylic acids is 1. The molecule has 2 heterocycles. The molecular weight excluding hydrogens is 381 g/mol. The van der Waals surface area contributed by atoms with E-state index < -0.39 is 5.82 Å². The standard InChI is InChI=1S/C20H22FN3O3S/c1-13-11-16(14(2)24(13)9-6-10-26-3)18(25)12-28-20-23-22-19(27-20)15-7-4-5-8-17(15)21/h4-5,7-8,11H,6,9-10,12H2,1-3H3. The minimum Gasteiger partial charge on any atom is -0.411 e. The fourth-order valence-corrected chi connectivity index (χ4v) is 3.66. The number of hydrogen-bond donors (Lipinski definition) is 0. The molecule has 0 saturated carbocycles. The Balaban J connectivity index is 1.65. The Labute approximate surface area is 167 Å². The molecule has 3 aromatic rings. The minimum atomic E-state index is -0.431. The molecule has 0 amide bonds. The number of ketones is 1. The monoisotopic (exact) mass is 403 g/mol. The molecule has 3 rings (SSSR count). The summed E-state index contributed by atoms with van der Waals surface area (Å²) in [7, 11) is 1.68. The van der Waals surface area contributed by atoms with Gasteiger partial charge in [0.2, 0.25) is 0 Å². The number of rotatable bonds is 9. The van der Waals surface area contributed by atoms with Gasteiger partial charge in [-0.05, 0) is 38.5 Å². The fourth-order valence-electron chi connectivity index (χ4n) is 3.01. The van der Waals surface area contributed by atoms with Gasteiger partial charge in [0.15, 0.2) is 5.78 Å².